The molecule has 6 N–H and O–H groups in total. The van der Waals surface area contributed by atoms with E-state index < -0.39 is 36.4 Å². The molecule has 0 unspecified atom stereocenters. The number of carbonyl (C=O) groups is 4. The van der Waals surface area contributed by atoms with Crippen LogP contribution in [0.15, 0.2) is 60.9 Å². The minimum absolute atomic E-state index is 0.249. The number of ether oxygens (including phenoxy) is 1. The largest absolute Gasteiger partial charge is 0.465 e. The number of aromatic nitrogens is 4. The number of nitrogens with zero attached hydrogens (tertiary/aromatic N) is 4. The lowest BCUT2D eigenvalue weighted by Crippen LogP contribution is -2.47. The Balaban J connectivity index is 1.11. The quantitative estimate of drug-likeness (QED) is 0.151. The van der Waals surface area contributed by atoms with Gasteiger partial charge in [-0.1, -0.05) is 48.5 Å². The van der Waals surface area contributed by atoms with Gasteiger partial charge in [0.1, 0.15) is 29.8 Å². The molecule has 6 rings (SSSR count). The lowest BCUT2D eigenvalue weighted by molar-refractivity contribution is -0.135. The molecule has 262 valence electrons. The minimum atomic E-state index is -1.24. The molecule has 15 nitrogen and oxygen atoms in total. The monoisotopic (exact) mass is 684 g/mol. The van der Waals surface area contributed by atoms with Gasteiger partial charge in [-0.3, -0.25) is 9.59 Å². The third kappa shape index (κ3) is 7.03. The number of benzene rings is 2. The van der Waals surface area contributed by atoms with Gasteiger partial charge in [0, 0.05) is 36.6 Å². The van der Waals surface area contributed by atoms with Gasteiger partial charge in [-0.2, -0.15) is 0 Å². The highest BCUT2D eigenvalue weighted by Crippen LogP contribution is 2.34. The summed E-state index contributed by atoms with van der Waals surface area (Å²) in [6, 6.07) is 13.3. The van der Waals surface area contributed by atoms with E-state index in [2.05, 4.69) is 25.3 Å². The van der Waals surface area contributed by atoms with Crippen molar-refractivity contribution in [1.82, 2.24) is 40.4 Å². The molecular weight excluding hydrogens is 644 g/mol. The summed E-state index contributed by atoms with van der Waals surface area (Å²) in [5, 5.41) is 24.4. The van der Waals surface area contributed by atoms with Crippen molar-refractivity contribution in [3.8, 4) is 33.6 Å². The number of carbonyl (C=O) groups excluding carboxylic acids is 3. The van der Waals surface area contributed by atoms with Gasteiger partial charge < -0.3 is 45.4 Å². The number of aliphatic hydroxyl groups excluding tert-OH is 1. The van der Waals surface area contributed by atoms with Gasteiger partial charge in [-0.25, -0.2) is 19.6 Å². The van der Waals surface area contributed by atoms with Gasteiger partial charge in [0.2, 0.25) is 11.8 Å². The number of aromatic amines is 2. The third-order valence-electron chi connectivity index (χ3n) is 9.27. The molecule has 4 amide bonds. The third-order valence-corrected chi connectivity index (χ3v) is 9.27. The van der Waals surface area contributed by atoms with Crippen molar-refractivity contribution >= 4 is 24.0 Å². The van der Waals surface area contributed by atoms with Gasteiger partial charge in [-0.15, -0.1) is 0 Å². The molecule has 15 heteroatoms. The van der Waals surface area contributed by atoms with Gasteiger partial charge >= 0.3 is 12.2 Å². The fraction of sp³-hybridized carbons (Fsp3) is 0.371. The molecule has 2 aromatic heterocycles. The predicted octanol–water partition coefficient (Wildman–Crippen LogP) is 3.83. The van der Waals surface area contributed by atoms with E-state index in [1.807, 2.05) is 54.7 Å². The van der Waals surface area contributed by atoms with Crippen LogP contribution in [0.3, 0.4) is 0 Å². The second kappa shape index (κ2) is 14.4. The zero-order chi connectivity index (χ0) is 35.5. The Kier molecular flexibility index (Phi) is 9.86. The summed E-state index contributed by atoms with van der Waals surface area (Å²) >= 11 is 0. The molecule has 4 heterocycles. The second-order valence-corrected chi connectivity index (χ2v) is 12.5. The molecule has 0 radical (unpaired) electrons. The van der Waals surface area contributed by atoms with Crippen LogP contribution in [-0.4, -0.2) is 102 Å². The first kappa shape index (κ1) is 34.2. The number of rotatable bonds is 9. The van der Waals surface area contributed by atoms with Crippen LogP contribution in [0, 0.1) is 0 Å². The maximum absolute atomic E-state index is 13.1. The lowest BCUT2D eigenvalue weighted by Gasteiger charge is -2.27. The van der Waals surface area contributed by atoms with Crippen LogP contribution in [0.25, 0.3) is 33.6 Å². The Hall–Kier alpha value is -5.70. The van der Waals surface area contributed by atoms with Crippen molar-refractivity contribution in [2.24, 2.45) is 0 Å². The average Bonchev–Trinajstić information content (AvgIpc) is 3.94. The Morgan fingerprint density at radius 1 is 0.780 bits per heavy atom. The summed E-state index contributed by atoms with van der Waals surface area (Å²) in [6.07, 6.45) is 2.75. The van der Waals surface area contributed by atoms with Crippen molar-refractivity contribution in [3.63, 3.8) is 0 Å². The van der Waals surface area contributed by atoms with Crippen molar-refractivity contribution < 1.29 is 34.1 Å². The summed E-state index contributed by atoms with van der Waals surface area (Å²) in [7, 11) is 1.23. The van der Waals surface area contributed by atoms with E-state index >= 15 is 0 Å². The Bertz CT molecular complexity index is 1850. The van der Waals surface area contributed by atoms with Crippen LogP contribution < -0.4 is 10.6 Å². The summed E-state index contributed by atoms with van der Waals surface area (Å²) in [6.45, 7) is 3.98. The molecule has 2 aromatic carbocycles. The van der Waals surface area contributed by atoms with E-state index in [0.29, 0.717) is 36.9 Å². The molecule has 2 fully saturated rings. The minimum Gasteiger partial charge on any atom is -0.465 e. The molecule has 4 aromatic rings. The topological polar surface area (TPSA) is 206 Å². The van der Waals surface area contributed by atoms with Gasteiger partial charge in [-0.05, 0) is 44.2 Å². The second-order valence-electron chi connectivity index (χ2n) is 12.5. The normalized spacial score (nSPS) is 20.0. The van der Waals surface area contributed by atoms with Crippen LogP contribution in [0.4, 0.5) is 9.59 Å². The van der Waals surface area contributed by atoms with Crippen LogP contribution in [0.2, 0.25) is 0 Å². The number of aliphatic hydroxyl groups is 1. The van der Waals surface area contributed by atoms with Gasteiger partial charge in [0.15, 0.2) is 0 Å². The summed E-state index contributed by atoms with van der Waals surface area (Å²) in [4.78, 5) is 67.7. The lowest BCUT2D eigenvalue weighted by atomic mass is 10.0. The molecule has 0 saturated carbocycles. The number of H-pyrrole nitrogens is 2. The number of carboxylic acid groups (broad SMARTS) is 1. The highest BCUT2D eigenvalue weighted by Gasteiger charge is 2.41. The maximum atomic E-state index is 13.1. The van der Waals surface area contributed by atoms with Crippen LogP contribution in [-0.2, 0) is 14.3 Å². The van der Waals surface area contributed by atoms with Crippen molar-refractivity contribution in [3.05, 3.63) is 72.6 Å². The smallest absolute Gasteiger partial charge is 0.407 e. The number of likely N-dealkylation sites (tertiary alicyclic amines) is 2. The first-order valence-electron chi connectivity index (χ1n) is 16.5. The standard InChI is InChI=1S/C35H40N8O7/c1-19(38-34(47)48)32(45)42-15-4-5-27(42)30-36-17-25(40-30)23-10-6-21(7-11-23)22-8-12-24(13-9-22)26-18-37-31(41-26)29-28(44)14-16-43(29)33(46)20(2)39-35(49)50-3/h6-13,17-20,27-29,38,44H,4-5,14-16H2,1-3H3,(H,36,40)(H,37,41)(H,39,49)(H,47,48)/t19-,20-,27-,28-,29-/m0/s1. The number of methoxy groups -OCH3 is 1. The van der Waals surface area contributed by atoms with E-state index in [1.54, 1.807) is 24.9 Å². The molecular formula is C35H40N8O7. The van der Waals surface area contributed by atoms with Crippen LogP contribution in [0.1, 0.15) is 56.8 Å². The van der Waals surface area contributed by atoms with Gasteiger partial charge in [0.05, 0.1) is 30.6 Å². The Morgan fingerprint density at radius 3 is 1.88 bits per heavy atom. The zero-order valence-corrected chi connectivity index (χ0v) is 27.9. The fourth-order valence-corrected chi connectivity index (χ4v) is 6.67. The van der Waals surface area contributed by atoms with Crippen molar-refractivity contribution in [2.45, 2.75) is 63.4 Å². The molecule has 0 aliphatic carbocycles. The summed E-state index contributed by atoms with van der Waals surface area (Å²) < 4.78 is 4.60. The molecule has 0 spiro atoms. The molecule has 2 aliphatic heterocycles. The number of nitrogens with one attached hydrogen (secondary N) is 4. The zero-order valence-electron chi connectivity index (χ0n) is 27.9. The summed E-state index contributed by atoms with van der Waals surface area (Å²) in [5.74, 6) is 0.513. The van der Waals surface area contributed by atoms with E-state index in [9.17, 15) is 24.3 Å². The van der Waals surface area contributed by atoms with Gasteiger partial charge in [0.25, 0.3) is 0 Å². The first-order valence-corrected chi connectivity index (χ1v) is 16.5. The van der Waals surface area contributed by atoms with E-state index in [0.717, 1.165) is 40.8 Å². The molecule has 50 heavy (non-hydrogen) atoms. The first-order chi connectivity index (χ1) is 24.0. The van der Waals surface area contributed by atoms with Crippen molar-refractivity contribution in [2.75, 3.05) is 20.2 Å². The Morgan fingerprint density at radius 2 is 1.30 bits per heavy atom. The number of alkyl carbamates (subject to hydrolysis) is 1. The maximum Gasteiger partial charge on any atom is 0.407 e. The average molecular weight is 685 g/mol. The highest BCUT2D eigenvalue weighted by molar-refractivity contribution is 5.86. The number of hydrogen-bond donors (Lipinski definition) is 6. The van der Waals surface area contributed by atoms with E-state index in [4.69, 9.17) is 15.1 Å². The molecule has 5 atom stereocenters. The van der Waals surface area contributed by atoms with Crippen LogP contribution in [0.5, 0.6) is 0 Å². The highest BCUT2D eigenvalue weighted by atomic mass is 16.5. The summed E-state index contributed by atoms with van der Waals surface area (Å²) in [5.41, 5.74) is 5.18. The van der Waals surface area contributed by atoms with E-state index in [-0.39, 0.29) is 17.9 Å². The number of amides is 4. The molecule has 2 aliphatic rings. The number of imidazole rings is 2. The van der Waals surface area contributed by atoms with Crippen LogP contribution >= 0.6 is 0 Å². The molecule has 0 bridgehead atoms. The Labute approximate surface area is 288 Å². The SMILES string of the molecule is COC(=O)N[C@@H](C)C(=O)N1CC[C@H](O)[C@H]1c1nc(-c2ccc(-c3ccc(-c4c[nH]c([C@@H]5CCCN5C(=O)[C@H](C)NC(=O)O)n4)cc3)cc2)c[nH]1. The predicted molar refractivity (Wildman–Crippen MR) is 181 cm³/mol. The molecule has 2 saturated heterocycles. The number of hydrogen-bond acceptors (Lipinski definition) is 8. The van der Waals surface area contributed by atoms with Crippen molar-refractivity contribution in [1.29, 1.82) is 0 Å². The fourth-order valence-electron chi connectivity index (χ4n) is 6.67. The van der Waals surface area contributed by atoms with E-state index in [1.165, 1.54) is 12.0 Å².